The molecule has 0 aliphatic carbocycles. The molecular formula is C29H34FN3O5S. The first-order valence-electron chi connectivity index (χ1n) is 12.7. The third-order valence-corrected chi connectivity index (χ3v) is 8.04. The van der Waals surface area contributed by atoms with Crippen LogP contribution < -0.4 is 14.4 Å². The number of sulfonamides is 1. The number of likely N-dealkylation sites (N-methyl/N-ethyl adjacent to an activating group) is 1. The molecule has 2 amide bonds. The lowest BCUT2D eigenvalue weighted by molar-refractivity contribution is -0.140. The number of carbonyl (C=O) groups is 2. The maximum Gasteiger partial charge on any atom is 0.264 e. The highest BCUT2D eigenvalue weighted by atomic mass is 32.2. The second-order valence-corrected chi connectivity index (χ2v) is 10.9. The number of ether oxygens (including phenoxy) is 1. The molecule has 0 spiro atoms. The maximum atomic E-state index is 13.9. The number of hydrogen-bond donors (Lipinski definition) is 1. The molecule has 39 heavy (non-hydrogen) atoms. The Balaban J connectivity index is 2.04. The topological polar surface area (TPSA) is 96.0 Å². The van der Waals surface area contributed by atoms with Gasteiger partial charge in [-0.2, -0.15) is 0 Å². The van der Waals surface area contributed by atoms with Gasteiger partial charge in [-0.25, -0.2) is 12.8 Å². The molecule has 8 nitrogen and oxygen atoms in total. The van der Waals surface area contributed by atoms with Gasteiger partial charge in [-0.15, -0.1) is 0 Å². The van der Waals surface area contributed by atoms with Crippen molar-refractivity contribution >= 4 is 27.5 Å². The summed E-state index contributed by atoms with van der Waals surface area (Å²) in [5.41, 5.74) is 1.83. The first-order valence-corrected chi connectivity index (χ1v) is 14.1. The highest BCUT2D eigenvalue weighted by Gasteiger charge is 2.33. The van der Waals surface area contributed by atoms with Crippen LogP contribution in [0.1, 0.15) is 31.4 Å². The van der Waals surface area contributed by atoms with Crippen LogP contribution in [0.3, 0.4) is 0 Å². The van der Waals surface area contributed by atoms with E-state index in [1.54, 1.807) is 38.1 Å². The maximum absolute atomic E-state index is 13.9. The van der Waals surface area contributed by atoms with E-state index in [2.05, 4.69) is 5.32 Å². The molecule has 208 valence electrons. The highest BCUT2D eigenvalue weighted by molar-refractivity contribution is 7.92. The average Bonchev–Trinajstić information content (AvgIpc) is 2.93. The zero-order chi connectivity index (χ0) is 28.6. The Bertz CT molecular complexity index is 1360. The number of amides is 2. The Morgan fingerprint density at radius 3 is 2.10 bits per heavy atom. The summed E-state index contributed by atoms with van der Waals surface area (Å²) in [6.07, 6.45) is 0.300. The lowest BCUT2D eigenvalue weighted by Gasteiger charge is -2.33. The second kappa shape index (κ2) is 13.2. The molecule has 10 heteroatoms. The van der Waals surface area contributed by atoms with Crippen LogP contribution >= 0.6 is 0 Å². The van der Waals surface area contributed by atoms with Gasteiger partial charge in [0, 0.05) is 13.1 Å². The van der Waals surface area contributed by atoms with E-state index in [0.717, 1.165) is 9.87 Å². The Labute approximate surface area is 229 Å². The number of halogens is 1. The van der Waals surface area contributed by atoms with Crippen LogP contribution in [-0.2, 0) is 26.2 Å². The van der Waals surface area contributed by atoms with Crippen molar-refractivity contribution in [2.24, 2.45) is 0 Å². The van der Waals surface area contributed by atoms with E-state index in [0.29, 0.717) is 30.0 Å². The van der Waals surface area contributed by atoms with Crippen LogP contribution in [-0.4, -0.2) is 51.4 Å². The number of aryl methyl sites for hydroxylation is 1. The van der Waals surface area contributed by atoms with Crippen LogP contribution in [0.5, 0.6) is 5.75 Å². The summed E-state index contributed by atoms with van der Waals surface area (Å²) < 4.78 is 47.4. The van der Waals surface area contributed by atoms with Gasteiger partial charge in [0.25, 0.3) is 10.0 Å². The number of benzene rings is 3. The Hall–Kier alpha value is -3.92. The summed E-state index contributed by atoms with van der Waals surface area (Å²) in [7, 11) is -2.70. The molecule has 0 radical (unpaired) electrons. The van der Waals surface area contributed by atoms with Crippen molar-refractivity contribution in [3.8, 4) is 5.75 Å². The quantitative estimate of drug-likeness (QED) is 0.360. The molecule has 0 saturated carbocycles. The highest BCUT2D eigenvalue weighted by Crippen LogP contribution is 2.26. The van der Waals surface area contributed by atoms with Crippen LogP contribution in [0.4, 0.5) is 10.1 Å². The predicted octanol–water partition coefficient (Wildman–Crippen LogP) is 4.28. The van der Waals surface area contributed by atoms with Crippen LogP contribution in [0.15, 0.2) is 77.7 Å². The van der Waals surface area contributed by atoms with Crippen molar-refractivity contribution < 1.29 is 27.1 Å². The van der Waals surface area contributed by atoms with Gasteiger partial charge in [0.15, 0.2) is 0 Å². The number of carbonyl (C=O) groups excluding carboxylic acids is 2. The van der Waals surface area contributed by atoms with Crippen molar-refractivity contribution in [1.29, 1.82) is 0 Å². The van der Waals surface area contributed by atoms with Gasteiger partial charge < -0.3 is 15.0 Å². The van der Waals surface area contributed by atoms with Gasteiger partial charge in [0.1, 0.15) is 24.2 Å². The largest absolute Gasteiger partial charge is 0.497 e. The van der Waals surface area contributed by atoms with E-state index >= 15 is 0 Å². The number of anilines is 1. The minimum Gasteiger partial charge on any atom is -0.497 e. The van der Waals surface area contributed by atoms with Crippen molar-refractivity contribution in [2.75, 3.05) is 24.5 Å². The fourth-order valence-electron chi connectivity index (χ4n) is 4.11. The van der Waals surface area contributed by atoms with E-state index in [1.165, 1.54) is 60.5 Å². The van der Waals surface area contributed by atoms with Crippen molar-refractivity contribution in [2.45, 2.75) is 44.7 Å². The van der Waals surface area contributed by atoms with Crippen molar-refractivity contribution in [1.82, 2.24) is 10.2 Å². The molecule has 1 N–H and O–H groups in total. The summed E-state index contributed by atoms with van der Waals surface area (Å²) in [5.74, 6) is -0.862. The molecule has 0 aliphatic rings. The fraction of sp³-hybridized carbons (Fsp3) is 0.310. The molecule has 1 unspecified atom stereocenters. The van der Waals surface area contributed by atoms with Gasteiger partial charge >= 0.3 is 0 Å². The fourth-order valence-corrected chi connectivity index (χ4v) is 5.53. The monoisotopic (exact) mass is 555 g/mol. The predicted molar refractivity (Wildman–Crippen MR) is 148 cm³/mol. The standard InChI is InChI=1S/C29H34FN3O5S/c1-5-27(29(35)31-6-2)32(19-22-9-11-23(30)12-10-22)28(34)20-33(24-13-7-21(3)8-14-24)39(36,37)26-17-15-25(38-4)16-18-26/h7-18,27H,5-6,19-20H2,1-4H3,(H,31,35). The molecule has 0 aromatic heterocycles. The Morgan fingerprint density at radius 1 is 0.949 bits per heavy atom. The molecule has 0 heterocycles. The van der Waals surface area contributed by atoms with E-state index < -0.39 is 34.3 Å². The Morgan fingerprint density at radius 2 is 1.56 bits per heavy atom. The van der Waals surface area contributed by atoms with Crippen LogP contribution in [0.2, 0.25) is 0 Å². The first kappa shape index (κ1) is 29.6. The minimum atomic E-state index is -4.18. The number of methoxy groups -OCH3 is 1. The second-order valence-electron chi connectivity index (χ2n) is 8.99. The molecular weight excluding hydrogens is 521 g/mol. The van der Waals surface area contributed by atoms with E-state index in [-0.39, 0.29) is 17.3 Å². The lowest BCUT2D eigenvalue weighted by Crippen LogP contribution is -2.52. The lowest BCUT2D eigenvalue weighted by atomic mass is 10.1. The summed E-state index contributed by atoms with van der Waals surface area (Å²) in [6, 6.07) is 17.4. The van der Waals surface area contributed by atoms with Crippen LogP contribution in [0.25, 0.3) is 0 Å². The first-order chi connectivity index (χ1) is 18.6. The van der Waals surface area contributed by atoms with E-state index in [9.17, 15) is 22.4 Å². The van der Waals surface area contributed by atoms with E-state index in [1.807, 2.05) is 6.92 Å². The molecule has 1 atom stereocenters. The molecule has 0 bridgehead atoms. The number of nitrogens with one attached hydrogen (secondary N) is 1. The molecule has 3 aromatic carbocycles. The third-order valence-electron chi connectivity index (χ3n) is 6.25. The SMILES string of the molecule is CCNC(=O)C(CC)N(Cc1ccc(F)cc1)C(=O)CN(c1ccc(C)cc1)S(=O)(=O)c1ccc(OC)cc1. The summed E-state index contributed by atoms with van der Waals surface area (Å²) in [5, 5.41) is 2.75. The van der Waals surface area contributed by atoms with Gasteiger partial charge in [0.05, 0.1) is 17.7 Å². The van der Waals surface area contributed by atoms with Gasteiger partial charge in [-0.1, -0.05) is 36.8 Å². The van der Waals surface area contributed by atoms with Crippen molar-refractivity contribution in [3.05, 3.63) is 89.7 Å². The van der Waals surface area contributed by atoms with Gasteiger partial charge in [-0.05, 0) is 74.4 Å². The molecule has 0 saturated heterocycles. The van der Waals surface area contributed by atoms with Crippen LogP contribution in [0, 0.1) is 12.7 Å². The molecule has 0 fully saturated rings. The summed E-state index contributed by atoms with van der Waals surface area (Å²) >= 11 is 0. The smallest absolute Gasteiger partial charge is 0.264 e. The summed E-state index contributed by atoms with van der Waals surface area (Å²) in [6.45, 7) is 5.25. The number of nitrogens with zero attached hydrogens (tertiary/aromatic N) is 2. The van der Waals surface area contributed by atoms with E-state index in [4.69, 9.17) is 4.74 Å². The molecule has 0 aliphatic heterocycles. The molecule has 3 aromatic rings. The van der Waals surface area contributed by atoms with Gasteiger partial charge in [-0.3, -0.25) is 13.9 Å². The summed E-state index contributed by atoms with van der Waals surface area (Å²) in [4.78, 5) is 28.2. The normalized spacial score (nSPS) is 11.9. The number of hydrogen-bond acceptors (Lipinski definition) is 5. The Kier molecular flexibility index (Phi) is 10.1. The van der Waals surface area contributed by atoms with Gasteiger partial charge in [0.2, 0.25) is 11.8 Å². The zero-order valence-electron chi connectivity index (χ0n) is 22.6. The number of rotatable bonds is 12. The average molecular weight is 556 g/mol. The minimum absolute atomic E-state index is 0.000917. The van der Waals surface area contributed by atoms with Crippen molar-refractivity contribution in [3.63, 3.8) is 0 Å². The zero-order valence-corrected chi connectivity index (χ0v) is 23.4. The molecule has 3 rings (SSSR count). The third kappa shape index (κ3) is 7.35.